The molecule has 80 valence electrons. The number of hydrogen-bond donors (Lipinski definition) is 0. The number of methoxy groups -OCH3 is 1. The molecule has 1 aliphatic rings. The molecule has 0 heterocycles. The Bertz CT molecular complexity index is 336. The SMILES string of the molecule is COC1(c2ccc(CCC=O)cc2)CC1. The first-order valence-electron chi connectivity index (χ1n) is 5.39. The second-order valence-corrected chi connectivity index (χ2v) is 4.10. The van der Waals surface area contributed by atoms with E-state index < -0.39 is 0 Å². The van der Waals surface area contributed by atoms with Gasteiger partial charge in [0.1, 0.15) is 6.29 Å². The average molecular weight is 204 g/mol. The highest BCUT2D eigenvalue weighted by molar-refractivity contribution is 5.50. The molecule has 0 aromatic heterocycles. The van der Waals surface area contributed by atoms with Gasteiger partial charge >= 0.3 is 0 Å². The fraction of sp³-hybridized carbons (Fsp3) is 0.462. The molecule has 1 aromatic carbocycles. The molecule has 1 fully saturated rings. The van der Waals surface area contributed by atoms with Crippen molar-refractivity contribution in [2.24, 2.45) is 0 Å². The zero-order chi connectivity index (χ0) is 10.7. The molecule has 0 N–H and O–H groups in total. The van der Waals surface area contributed by atoms with Crippen LogP contribution < -0.4 is 0 Å². The van der Waals surface area contributed by atoms with Crippen molar-refractivity contribution in [1.82, 2.24) is 0 Å². The van der Waals surface area contributed by atoms with E-state index in [1.165, 1.54) is 11.1 Å². The summed E-state index contributed by atoms with van der Waals surface area (Å²) in [6.45, 7) is 0. The van der Waals surface area contributed by atoms with Gasteiger partial charge in [-0.1, -0.05) is 24.3 Å². The lowest BCUT2D eigenvalue weighted by Gasteiger charge is -2.13. The fourth-order valence-electron chi connectivity index (χ4n) is 1.92. The summed E-state index contributed by atoms with van der Waals surface area (Å²) < 4.78 is 5.50. The van der Waals surface area contributed by atoms with E-state index in [9.17, 15) is 4.79 Å². The number of aryl methyl sites for hydroxylation is 1. The first kappa shape index (κ1) is 10.4. The van der Waals surface area contributed by atoms with Gasteiger partial charge in [-0.15, -0.1) is 0 Å². The van der Waals surface area contributed by atoms with Crippen LogP contribution in [0.3, 0.4) is 0 Å². The van der Waals surface area contributed by atoms with E-state index in [1.54, 1.807) is 7.11 Å². The molecule has 0 bridgehead atoms. The number of aldehydes is 1. The molecule has 0 amide bonds. The summed E-state index contributed by atoms with van der Waals surface area (Å²) in [4.78, 5) is 10.2. The van der Waals surface area contributed by atoms with Gasteiger partial charge in [0.25, 0.3) is 0 Å². The van der Waals surface area contributed by atoms with Crippen LogP contribution in [-0.2, 0) is 21.6 Å². The maximum absolute atomic E-state index is 10.2. The van der Waals surface area contributed by atoms with Crippen molar-refractivity contribution < 1.29 is 9.53 Å². The molecule has 2 rings (SSSR count). The number of carbonyl (C=O) groups is 1. The van der Waals surface area contributed by atoms with Gasteiger partial charge in [0, 0.05) is 13.5 Å². The predicted octanol–water partition coefficient (Wildman–Crippen LogP) is 2.45. The van der Waals surface area contributed by atoms with E-state index in [0.29, 0.717) is 6.42 Å². The molecule has 2 nitrogen and oxygen atoms in total. The zero-order valence-electron chi connectivity index (χ0n) is 9.03. The quantitative estimate of drug-likeness (QED) is 0.689. The molecule has 1 aromatic rings. The zero-order valence-corrected chi connectivity index (χ0v) is 9.03. The second-order valence-electron chi connectivity index (χ2n) is 4.10. The number of ether oxygens (including phenoxy) is 1. The summed E-state index contributed by atoms with van der Waals surface area (Å²) in [6, 6.07) is 8.43. The molecule has 0 aliphatic heterocycles. The van der Waals surface area contributed by atoms with Crippen LogP contribution in [-0.4, -0.2) is 13.4 Å². The van der Waals surface area contributed by atoms with Crippen LogP contribution in [0.2, 0.25) is 0 Å². The van der Waals surface area contributed by atoms with Crippen molar-refractivity contribution >= 4 is 6.29 Å². The molecule has 1 saturated carbocycles. The lowest BCUT2D eigenvalue weighted by Crippen LogP contribution is -2.08. The van der Waals surface area contributed by atoms with Crippen molar-refractivity contribution in [3.05, 3.63) is 35.4 Å². The summed E-state index contributed by atoms with van der Waals surface area (Å²) in [6.07, 6.45) is 4.65. The Morgan fingerprint density at radius 1 is 1.33 bits per heavy atom. The number of hydrogen-bond acceptors (Lipinski definition) is 2. The number of benzene rings is 1. The Kier molecular flexibility index (Phi) is 2.87. The maximum Gasteiger partial charge on any atom is 0.120 e. The largest absolute Gasteiger partial charge is 0.374 e. The third-order valence-electron chi connectivity index (χ3n) is 3.13. The van der Waals surface area contributed by atoms with Gasteiger partial charge in [0.15, 0.2) is 0 Å². The molecule has 0 unspecified atom stereocenters. The van der Waals surface area contributed by atoms with Crippen LogP contribution in [0.15, 0.2) is 24.3 Å². The van der Waals surface area contributed by atoms with Crippen molar-refractivity contribution in [1.29, 1.82) is 0 Å². The van der Waals surface area contributed by atoms with E-state index in [1.807, 2.05) is 0 Å². The summed E-state index contributed by atoms with van der Waals surface area (Å²) in [5.41, 5.74) is 2.49. The van der Waals surface area contributed by atoms with Crippen LogP contribution >= 0.6 is 0 Å². The van der Waals surface area contributed by atoms with Crippen molar-refractivity contribution in [2.45, 2.75) is 31.3 Å². The molecule has 0 atom stereocenters. The molecule has 0 radical (unpaired) electrons. The molecule has 0 saturated heterocycles. The highest BCUT2D eigenvalue weighted by Crippen LogP contribution is 2.48. The minimum absolute atomic E-state index is 0.00316. The van der Waals surface area contributed by atoms with E-state index in [4.69, 9.17) is 4.74 Å². The Morgan fingerprint density at radius 2 is 2.00 bits per heavy atom. The third kappa shape index (κ3) is 2.10. The van der Waals surface area contributed by atoms with E-state index >= 15 is 0 Å². The first-order chi connectivity index (χ1) is 7.30. The predicted molar refractivity (Wildman–Crippen MR) is 58.7 cm³/mol. The fourth-order valence-corrected chi connectivity index (χ4v) is 1.92. The highest BCUT2D eigenvalue weighted by atomic mass is 16.5. The van der Waals surface area contributed by atoms with Crippen LogP contribution in [0.25, 0.3) is 0 Å². The topological polar surface area (TPSA) is 26.3 Å². The minimum Gasteiger partial charge on any atom is -0.374 e. The minimum atomic E-state index is 0.00316. The molecule has 2 heteroatoms. The van der Waals surface area contributed by atoms with Gasteiger partial charge in [-0.3, -0.25) is 0 Å². The lowest BCUT2D eigenvalue weighted by molar-refractivity contribution is -0.107. The monoisotopic (exact) mass is 204 g/mol. The second kappa shape index (κ2) is 4.15. The normalized spacial score (nSPS) is 17.4. The first-order valence-corrected chi connectivity index (χ1v) is 5.39. The summed E-state index contributed by atoms with van der Waals surface area (Å²) in [5, 5.41) is 0. The maximum atomic E-state index is 10.2. The molecule has 1 aliphatic carbocycles. The molecular weight excluding hydrogens is 188 g/mol. The van der Waals surface area contributed by atoms with E-state index in [2.05, 4.69) is 24.3 Å². The van der Waals surface area contributed by atoms with Crippen LogP contribution in [0.4, 0.5) is 0 Å². The van der Waals surface area contributed by atoms with Gasteiger partial charge in [0.05, 0.1) is 5.60 Å². The summed E-state index contributed by atoms with van der Waals surface area (Å²) >= 11 is 0. The molecule has 0 spiro atoms. The van der Waals surface area contributed by atoms with Gasteiger partial charge in [0.2, 0.25) is 0 Å². The van der Waals surface area contributed by atoms with Crippen molar-refractivity contribution in [3.63, 3.8) is 0 Å². The Balaban J connectivity index is 2.07. The number of carbonyl (C=O) groups excluding carboxylic acids is 1. The Labute approximate surface area is 90.3 Å². The molecular formula is C13H16O2. The van der Waals surface area contributed by atoms with Gasteiger partial charge in [-0.2, -0.15) is 0 Å². The Morgan fingerprint density at radius 3 is 2.47 bits per heavy atom. The van der Waals surface area contributed by atoms with Crippen LogP contribution in [0, 0.1) is 0 Å². The van der Waals surface area contributed by atoms with E-state index in [0.717, 1.165) is 25.5 Å². The smallest absolute Gasteiger partial charge is 0.120 e. The van der Waals surface area contributed by atoms with Crippen LogP contribution in [0.1, 0.15) is 30.4 Å². The van der Waals surface area contributed by atoms with Crippen LogP contribution in [0.5, 0.6) is 0 Å². The Hall–Kier alpha value is -1.15. The molecule has 15 heavy (non-hydrogen) atoms. The number of rotatable bonds is 5. The van der Waals surface area contributed by atoms with Gasteiger partial charge in [-0.25, -0.2) is 0 Å². The van der Waals surface area contributed by atoms with E-state index in [-0.39, 0.29) is 5.60 Å². The lowest BCUT2D eigenvalue weighted by atomic mass is 10.0. The van der Waals surface area contributed by atoms with Gasteiger partial charge in [-0.05, 0) is 30.4 Å². The summed E-state index contributed by atoms with van der Waals surface area (Å²) in [7, 11) is 1.77. The van der Waals surface area contributed by atoms with Crippen molar-refractivity contribution in [2.75, 3.05) is 7.11 Å². The third-order valence-corrected chi connectivity index (χ3v) is 3.13. The van der Waals surface area contributed by atoms with Gasteiger partial charge < -0.3 is 9.53 Å². The van der Waals surface area contributed by atoms with Crippen molar-refractivity contribution in [3.8, 4) is 0 Å². The highest BCUT2D eigenvalue weighted by Gasteiger charge is 2.44. The summed E-state index contributed by atoms with van der Waals surface area (Å²) in [5.74, 6) is 0. The average Bonchev–Trinajstić information content (AvgIpc) is 3.08. The standard InChI is InChI=1S/C13H16O2/c1-15-13(8-9-13)12-6-4-11(5-7-12)3-2-10-14/h4-7,10H,2-3,8-9H2,1H3.